The van der Waals surface area contributed by atoms with Gasteiger partial charge in [0.05, 0.1) is 0 Å². The van der Waals surface area contributed by atoms with Crippen LogP contribution < -0.4 is 10.6 Å². The van der Waals surface area contributed by atoms with Gasteiger partial charge in [-0.2, -0.15) is 0 Å². The van der Waals surface area contributed by atoms with Crippen molar-refractivity contribution in [2.45, 2.75) is 31.8 Å². The molecule has 3 N–H and O–H groups in total. The number of fused-ring (bicyclic) bond motifs is 3. The van der Waals surface area contributed by atoms with E-state index in [0.29, 0.717) is 6.04 Å². The number of hydrogen-bond acceptors (Lipinski definition) is 2. The normalized spacial score (nSPS) is 16.8. The number of H-pyrrole nitrogens is 1. The zero-order chi connectivity index (χ0) is 16.4. The van der Waals surface area contributed by atoms with Crippen molar-refractivity contribution in [1.82, 2.24) is 10.3 Å². The zero-order valence-electron chi connectivity index (χ0n) is 13.5. The molecule has 3 aromatic rings. The maximum atomic E-state index is 10.7. The molecule has 24 heavy (non-hydrogen) atoms. The Labute approximate surface area is 141 Å². The molecular weight excluding hydrogens is 298 g/mol. The molecule has 0 saturated carbocycles. The lowest BCUT2D eigenvalue weighted by Gasteiger charge is -2.24. The van der Waals surface area contributed by atoms with Crippen molar-refractivity contribution in [3.05, 3.63) is 65.4 Å². The minimum atomic E-state index is 0.486. The van der Waals surface area contributed by atoms with E-state index in [1.54, 1.807) is 0 Å². The number of aryl methyl sites for hydroxylation is 1. The lowest BCUT2D eigenvalue weighted by atomic mass is 9.91. The molecule has 0 fully saturated rings. The van der Waals surface area contributed by atoms with Gasteiger partial charge >= 0.3 is 0 Å². The average Bonchev–Trinajstić information content (AvgIpc) is 2.98. The zero-order valence-corrected chi connectivity index (χ0v) is 13.5. The number of nitrogens with one attached hydrogen (secondary N) is 3. The van der Waals surface area contributed by atoms with E-state index in [4.69, 9.17) is 0 Å². The summed E-state index contributed by atoms with van der Waals surface area (Å²) in [6, 6.07) is 17.1. The van der Waals surface area contributed by atoms with Crippen LogP contribution in [0.4, 0.5) is 5.69 Å². The predicted molar refractivity (Wildman–Crippen MR) is 97.1 cm³/mol. The first kappa shape index (κ1) is 15.0. The number of hydrogen-bond donors (Lipinski definition) is 3. The number of amides is 1. The topological polar surface area (TPSA) is 56.9 Å². The lowest BCUT2D eigenvalue weighted by Crippen LogP contribution is -2.33. The fourth-order valence-corrected chi connectivity index (χ4v) is 3.61. The van der Waals surface area contributed by atoms with Crippen LogP contribution in [0.3, 0.4) is 0 Å². The van der Waals surface area contributed by atoms with E-state index >= 15 is 0 Å². The van der Waals surface area contributed by atoms with Crippen LogP contribution in [0.15, 0.2) is 48.5 Å². The first-order chi connectivity index (χ1) is 11.8. The maximum absolute atomic E-state index is 10.7. The quantitative estimate of drug-likeness (QED) is 0.631. The maximum Gasteiger partial charge on any atom is 0.211 e. The van der Waals surface area contributed by atoms with Crippen LogP contribution in [-0.2, 0) is 24.2 Å². The van der Waals surface area contributed by atoms with Gasteiger partial charge in [0.25, 0.3) is 0 Å². The number of aromatic amines is 1. The fourth-order valence-electron chi connectivity index (χ4n) is 3.61. The highest BCUT2D eigenvalue weighted by molar-refractivity contribution is 5.89. The Morgan fingerprint density at radius 2 is 2.04 bits per heavy atom. The number of anilines is 1. The van der Waals surface area contributed by atoms with Gasteiger partial charge in [-0.25, -0.2) is 0 Å². The summed E-state index contributed by atoms with van der Waals surface area (Å²) in [6.45, 7) is 0.904. The molecule has 1 unspecified atom stereocenters. The van der Waals surface area contributed by atoms with Gasteiger partial charge in [0.2, 0.25) is 6.41 Å². The molecule has 1 aromatic heterocycles. The fraction of sp³-hybridized carbons (Fsp3) is 0.250. The molecular formula is C20H21N3O. The second kappa shape index (κ2) is 6.49. The largest absolute Gasteiger partial charge is 0.358 e. The van der Waals surface area contributed by atoms with E-state index in [9.17, 15) is 4.79 Å². The van der Waals surface area contributed by atoms with Gasteiger partial charge in [0, 0.05) is 34.9 Å². The van der Waals surface area contributed by atoms with Crippen LogP contribution in [0.1, 0.15) is 23.2 Å². The number of rotatable bonds is 5. The summed E-state index contributed by atoms with van der Waals surface area (Å²) in [5.41, 5.74) is 6.04. The van der Waals surface area contributed by atoms with Gasteiger partial charge in [-0.1, -0.05) is 30.3 Å². The Morgan fingerprint density at radius 3 is 2.88 bits per heavy atom. The summed E-state index contributed by atoms with van der Waals surface area (Å²) in [5.74, 6) is 0. The van der Waals surface area contributed by atoms with Gasteiger partial charge in [-0.15, -0.1) is 0 Å². The number of carbonyl (C=O) groups excluding carboxylic acids is 1. The van der Waals surface area contributed by atoms with Crippen LogP contribution in [-0.4, -0.2) is 17.4 Å². The van der Waals surface area contributed by atoms with Crippen LogP contribution in [0.5, 0.6) is 0 Å². The first-order valence-electron chi connectivity index (χ1n) is 8.44. The molecule has 4 rings (SSSR count). The molecule has 0 aliphatic heterocycles. The second-order valence-electron chi connectivity index (χ2n) is 6.41. The van der Waals surface area contributed by atoms with Gasteiger partial charge in [0.1, 0.15) is 0 Å². The van der Waals surface area contributed by atoms with Crippen molar-refractivity contribution in [2.24, 2.45) is 0 Å². The van der Waals surface area contributed by atoms with E-state index in [-0.39, 0.29) is 0 Å². The molecule has 0 radical (unpaired) electrons. The lowest BCUT2D eigenvalue weighted by molar-refractivity contribution is -0.105. The van der Waals surface area contributed by atoms with Gasteiger partial charge in [0.15, 0.2) is 0 Å². The van der Waals surface area contributed by atoms with Crippen LogP contribution in [0.2, 0.25) is 0 Å². The van der Waals surface area contributed by atoms with Crippen molar-refractivity contribution >= 4 is 23.0 Å². The van der Waals surface area contributed by atoms with Gasteiger partial charge in [-0.3, -0.25) is 4.79 Å². The Morgan fingerprint density at radius 1 is 1.17 bits per heavy atom. The van der Waals surface area contributed by atoms with Crippen molar-refractivity contribution < 1.29 is 4.79 Å². The van der Waals surface area contributed by atoms with Crippen LogP contribution in [0.25, 0.3) is 10.9 Å². The Kier molecular flexibility index (Phi) is 4.05. The minimum Gasteiger partial charge on any atom is -0.358 e. The summed E-state index contributed by atoms with van der Waals surface area (Å²) in [6.07, 6.45) is 3.95. The minimum absolute atomic E-state index is 0.486. The number of benzene rings is 2. The Hall–Kier alpha value is -2.59. The average molecular weight is 319 g/mol. The third-order valence-corrected chi connectivity index (χ3v) is 4.85. The molecule has 0 bridgehead atoms. The summed E-state index contributed by atoms with van der Waals surface area (Å²) >= 11 is 0. The third kappa shape index (κ3) is 2.93. The summed E-state index contributed by atoms with van der Waals surface area (Å²) in [7, 11) is 0. The predicted octanol–water partition coefficient (Wildman–Crippen LogP) is 3.38. The molecule has 1 aliphatic carbocycles. The first-order valence-corrected chi connectivity index (χ1v) is 8.44. The monoisotopic (exact) mass is 319 g/mol. The smallest absolute Gasteiger partial charge is 0.211 e. The van der Waals surface area contributed by atoms with E-state index in [1.165, 1.54) is 22.2 Å². The second-order valence-corrected chi connectivity index (χ2v) is 6.41. The van der Waals surface area contributed by atoms with Crippen molar-refractivity contribution in [1.29, 1.82) is 0 Å². The Bertz CT molecular complexity index is 854. The molecule has 0 spiro atoms. The van der Waals surface area contributed by atoms with E-state index in [2.05, 4.69) is 45.9 Å². The van der Waals surface area contributed by atoms with Crippen molar-refractivity contribution in [2.75, 3.05) is 5.32 Å². The third-order valence-electron chi connectivity index (χ3n) is 4.85. The van der Waals surface area contributed by atoms with E-state index in [1.807, 2.05) is 18.2 Å². The summed E-state index contributed by atoms with van der Waals surface area (Å²) in [5, 5.41) is 7.66. The Balaban J connectivity index is 1.53. The number of carbonyl (C=O) groups is 1. The highest BCUT2D eigenvalue weighted by atomic mass is 16.1. The molecule has 4 nitrogen and oxygen atoms in total. The van der Waals surface area contributed by atoms with Crippen LogP contribution >= 0.6 is 0 Å². The van der Waals surface area contributed by atoms with Crippen molar-refractivity contribution in [3.8, 4) is 0 Å². The molecule has 122 valence electrons. The summed E-state index contributed by atoms with van der Waals surface area (Å²) < 4.78 is 0. The molecule has 1 aliphatic rings. The van der Waals surface area contributed by atoms with Crippen molar-refractivity contribution in [3.63, 3.8) is 0 Å². The molecule has 2 aromatic carbocycles. The van der Waals surface area contributed by atoms with Gasteiger partial charge < -0.3 is 15.6 Å². The summed E-state index contributed by atoms with van der Waals surface area (Å²) in [4.78, 5) is 14.2. The molecule has 1 atom stereocenters. The van der Waals surface area contributed by atoms with Crippen LogP contribution in [0, 0.1) is 0 Å². The van der Waals surface area contributed by atoms with E-state index in [0.717, 1.165) is 43.4 Å². The van der Waals surface area contributed by atoms with Gasteiger partial charge in [-0.05, 0) is 48.6 Å². The van der Waals surface area contributed by atoms with E-state index < -0.39 is 0 Å². The number of aromatic nitrogens is 1. The molecule has 1 amide bonds. The molecule has 0 saturated heterocycles. The SMILES string of the molecule is O=CNc1ccc2[nH]c3c(c2c1)CC(NCc1ccccc1)CC3. The molecule has 1 heterocycles. The molecule has 4 heteroatoms. The standard InChI is InChI=1S/C20H21N3O/c24-13-22-16-7-9-20-18(11-16)17-10-15(6-8-19(17)23-20)21-12-14-4-2-1-3-5-14/h1-5,7,9,11,13,15,21,23H,6,8,10,12H2,(H,22,24). The highest BCUT2D eigenvalue weighted by Crippen LogP contribution is 2.31. The highest BCUT2D eigenvalue weighted by Gasteiger charge is 2.22.